The Morgan fingerprint density at radius 1 is 0.769 bits per heavy atom. The van der Waals surface area contributed by atoms with Gasteiger partial charge in [-0.3, -0.25) is 0 Å². The summed E-state index contributed by atoms with van der Waals surface area (Å²) in [7, 11) is 0. The van der Waals surface area contributed by atoms with Gasteiger partial charge in [-0.1, -0.05) is 66.7 Å². The van der Waals surface area contributed by atoms with Crippen LogP contribution in [0.1, 0.15) is 21.5 Å². The maximum Gasteiger partial charge on any atom is 0.336 e. The van der Waals surface area contributed by atoms with Crippen molar-refractivity contribution in [3.8, 4) is 22.3 Å². The van der Waals surface area contributed by atoms with Gasteiger partial charge in [-0.05, 0) is 62.7 Å². The first-order valence-electron chi connectivity index (χ1n) is 8.69. The number of carboxylic acids is 1. The Balaban J connectivity index is 1.70. The lowest BCUT2D eigenvalue weighted by Gasteiger charge is -2.11. The minimum Gasteiger partial charge on any atom is -0.478 e. The second kappa shape index (κ2) is 5.57. The number of benzene rings is 4. The average Bonchev–Trinajstić information content (AvgIpc) is 3.05. The van der Waals surface area contributed by atoms with Crippen LogP contribution in [-0.2, 0) is 6.42 Å². The predicted octanol–water partition coefficient (Wildman–Crippen LogP) is 5.78. The molecule has 1 aliphatic rings. The molecule has 0 saturated carbocycles. The van der Waals surface area contributed by atoms with Gasteiger partial charge < -0.3 is 5.11 Å². The number of fused-ring (bicyclic) bond motifs is 4. The topological polar surface area (TPSA) is 37.3 Å². The Morgan fingerprint density at radius 3 is 2.42 bits per heavy atom. The van der Waals surface area contributed by atoms with E-state index in [9.17, 15) is 9.90 Å². The van der Waals surface area contributed by atoms with Crippen molar-refractivity contribution in [3.05, 3.63) is 95.6 Å². The van der Waals surface area contributed by atoms with Gasteiger partial charge in [0.15, 0.2) is 0 Å². The number of hydrogen-bond donors (Lipinski definition) is 1. The van der Waals surface area contributed by atoms with Crippen molar-refractivity contribution < 1.29 is 9.90 Å². The van der Waals surface area contributed by atoms with Crippen molar-refractivity contribution in [1.82, 2.24) is 0 Å². The van der Waals surface area contributed by atoms with Gasteiger partial charge >= 0.3 is 5.97 Å². The second-order valence-corrected chi connectivity index (χ2v) is 6.71. The average molecular weight is 336 g/mol. The van der Waals surface area contributed by atoms with Crippen LogP contribution in [0.2, 0.25) is 0 Å². The lowest BCUT2D eigenvalue weighted by molar-refractivity contribution is 0.0699. The van der Waals surface area contributed by atoms with E-state index in [0.29, 0.717) is 5.56 Å². The van der Waals surface area contributed by atoms with E-state index in [1.165, 1.54) is 27.8 Å². The van der Waals surface area contributed by atoms with Crippen molar-refractivity contribution >= 4 is 16.7 Å². The molecular formula is C24H16O2. The molecule has 0 unspecified atom stereocenters. The van der Waals surface area contributed by atoms with Crippen molar-refractivity contribution in [1.29, 1.82) is 0 Å². The third-order valence-electron chi connectivity index (χ3n) is 5.27. The fourth-order valence-electron chi connectivity index (χ4n) is 4.07. The molecule has 0 aromatic heterocycles. The monoisotopic (exact) mass is 336 g/mol. The van der Waals surface area contributed by atoms with Crippen LogP contribution in [-0.4, -0.2) is 11.1 Å². The van der Waals surface area contributed by atoms with Crippen LogP contribution < -0.4 is 0 Å². The molecule has 0 spiro atoms. The van der Waals surface area contributed by atoms with Crippen LogP contribution >= 0.6 is 0 Å². The van der Waals surface area contributed by atoms with Crippen LogP contribution in [0.4, 0.5) is 0 Å². The maximum atomic E-state index is 11.4. The SMILES string of the molecule is O=C(O)c1cccc2cc(-c3cccc4c3Cc3ccccc3-4)ccc12. The number of carbonyl (C=O) groups is 1. The minimum atomic E-state index is -0.889. The van der Waals surface area contributed by atoms with E-state index in [4.69, 9.17) is 0 Å². The first-order chi connectivity index (χ1) is 12.7. The van der Waals surface area contributed by atoms with Crippen molar-refractivity contribution in [2.45, 2.75) is 6.42 Å². The van der Waals surface area contributed by atoms with Crippen molar-refractivity contribution in [2.24, 2.45) is 0 Å². The summed E-state index contributed by atoms with van der Waals surface area (Å²) >= 11 is 0. The van der Waals surface area contributed by atoms with Gasteiger partial charge in [0.05, 0.1) is 5.56 Å². The number of aromatic carboxylic acids is 1. The summed E-state index contributed by atoms with van der Waals surface area (Å²) in [5, 5.41) is 11.1. The van der Waals surface area contributed by atoms with Gasteiger partial charge in [0.1, 0.15) is 0 Å². The number of rotatable bonds is 2. The van der Waals surface area contributed by atoms with E-state index >= 15 is 0 Å². The van der Waals surface area contributed by atoms with Crippen molar-refractivity contribution in [2.75, 3.05) is 0 Å². The molecule has 0 amide bonds. The van der Waals surface area contributed by atoms with Crippen LogP contribution in [0.25, 0.3) is 33.0 Å². The third kappa shape index (κ3) is 2.16. The molecular weight excluding hydrogens is 320 g/mol. The molecule has 0 heterocycles. The van der Waals surface area contributed by atoms with Gasteiger partial charge in [-0.15, -0.1) is 0 Å². The van der Waals surface area contributed by atoms with Gasteiger partial charge in [0.2, 0.25) is 0 Å². The largest absolute Gasteiger partial charge is 0.478 e. The van der Waals surface area contributed by atoms with E-state index in [1.54, 1.807) is 12.1 Å². The molecule has 0 bridgehead atoms. The molecule has 124 valence electrons. The Kier molecular flexibility index (Phi) is 3.19. The third-order valence-corrected chi connectivity index (χ3v) is 5.27. The molecule has 26 heavy (non-hydrogen) atoms. The number of hydrogen-bond acceptors (Lipinski definition) is 1. The van der Waals surface area contributed by atoms with Crippen LogP contribution in [0, 0.1) is 0 Å². The van der Waals surface area contributed by atoms with Crippen LogP contribution in [0.15, 0.2) is 78.9 Å². The molecule has 2 nitrogen and oxygen atoms in total. The lowest BCUT2D eigenvalue weighted by atomic mass is 9.93. The van der Waals surface area contributed by atoms with Gasteiger partial charge in [0.25, 0.3) is 0 Å². The molecule has 0 aliphatic heterocycles. The van der Waals surface area contributed by atoms with Crippen LogP contribution in [0.3, 0.4) is 0 Å². The van der Waals surface area contributed by atoms with Gasteiger partial charge in [-0.25, -0.2) is 4.79 Å². The Labute approximate surface area is 151 Å². The van der Waals surface area contributed by atoms with E-state index in [2.05, 4.69) is 48.5 Å². The maximum absolute atomic E-state index is 11.4. The van der Waals surface area contributed by atoms with E-state index in [0.717, 1.165) is 22.8 Å². The summed E-state index contributed by atoms with van der Waals surface area (Å²) in [5.41, 5.74) is 8.04. The van der Waals surface area contributed by atoms with E-state index in [1.807, 2.05) is 18.2 Å². The molecule has 4 aromatic carbocycles. The Bertz CT molecular complexity index is 1190. The smallest absolute Gasteiger partial charge is 0.336 e. The fraction of sp³-hybridized carbons (Fsp3) is 0.0417. The highest BCUT2D eigenvalue weighted by molar-refractivity contribution is 6.04. The molecule has 1 aliphatic carbocycles. The van der Waals surface area contributed by atoms with Gasteiger partial charge in [-0.2, -0.15) is 0 Å². The molecule has 5 rings (SSSR count). The van der Waals surface area contributed by atoms with Crippen LogP contribution in [0.5, 0.6) is 0 Å². The second-order valence-electron chi connectivity index (χ2n) is 6.71. The predicted molar refractivity (Wildman–Crippen MR) is 105 cm³/mol. The van der Waals surface area contributed by atoms with E-state index in [-0.39, 0.29) is 0 Å². The lowest BCUT2D eigenvalue weighted by Crippen LogP contribution is -1.97. The zero-order valence-corrected chi connectivity index (χ0v) is 14.1. The van der Waals surface area contributed by atoms with E-state index < -0.39 is 5.97 Å². The molecule has 0 saturated heterocycles. The van der Waals surface area contributed by atoms with Crippen molar-refractivity contribution in [3.63, 3.8) is 0 Å². The minimum absolute atomic E-state index is 0.347. The summed E-state index contributed by atoms with van der Waals surface area (Å²) in [6.45, 7) is 0. The molecule has 4 aromatic rings. The summed E-state index contributed by atoms with van der Waals surface area (Å²) in [6, 6.07) is 26.5. The normalized spacial score (nSPS) is 12.0. The molecule has 1 N–H and O–H groups in total. The first kappa shape index (κ1) is 14.9. The highest BCUT2D eigenvalue weighted by Gasteiger charge is 2.21. The zero-order valence-electron chi connectivity index (χ0n) is 14.1. The summed E-state index contributed by atoms with van der Waals surface area (Å²) in [4.78, 5) is 11.4. The van der Waals surface area contributed by atoms with Gasteiger partial charge in [0, 0.05) is 0 Å². The Morgan fingerprint density at radius 2 is 1.54 bits per heavy atom. The first-order valence-corrected chi connectivity index (χ1v) is 8.69. The quantitative estimate of drug-likeness (QED) is 0.444. The highest BCUT2D eigenvalue weighted by atomic mass is 16.4. The molecule has 0 atom stereocenters. The molecule has 2 heteroatoms. The molecule has 0 fully saturated rings. The molecule has 0 radical (unpaired) electrons. The Hall–Kier alpha value is -3.39. The highest BCUT2D eigenvalue weighted by Crippen LogP contribution is 2.41. The zero-order chi connectivity index (χ0) is 17.7. The number of carboxylic acid groups (broad SMARTS) is 1. The summed E-state index contributed by atoms with van der Waals surface area (Å²) in [5.74, 6) is -0.889. The fourth-order valence-corrected chi connectivity index (χ4v) is 4.07. The summed E-state index contributed by atoms with van der Waals surface area (Å²) < 4.78 is 0. The summed E-state index contributed by atoms with van der Waals surface area (Å²) in [6.07, 6.45) is 0.939. The standard InChI is InChI=1S/C24H16O2/c25-24(26)22-10-3-6-15-13-17(11-12-20(15)22)19-8-4-9-21-18-7-2-1-5-16(18)14-23(19)21/h1-13H,14H2,(H,25,26).